The van der Waals surface area contributed by atoms with Crippen molar-refractivity contribution in [1.29, 1.82) is 0 Å². The van der Waals surface area contributed by atoms with Crippen LogP contribution in [-0.2, 0) is 0 Å². The van der Waals surface area contributed by atoms with Crippen molar-refractivity contribution >= 4 is 17.5 Å². The summed E-state index contributed by atoms with van der Waals surface area (Å²) < 4.78 is 5.78. The first kappa shape index (κ1) is 12.2. The second kappa shape index (κ2) is 5.05. The molecule has 19 heavy (non-hydrogen) atoms. The highest BCUT2D eigenvalue weighted by molar-refractivity contribution is 7.99. The minimum Gasteiger partial charge on any atom is -0.480 e. The number of Topliss-reactive ketones (excluding diaryl/α,β-unsaturated/α-hetero) is 1. The first-order valence-electron chi connectivity index (χ1n) is 6.09. The van der Waals surface area contributed by atoms with E-state index in [0.29, 0.717) is 11.3 Å². The summed E-state index contributed by atoms with van der Waals surface area (Å²) in [5.74, 6) is 1.43. The summed E-state index contributed by atoms with van der Waals surface area (Å²) in [6, 6.07) is 11.4. The summed E-state index contributed by atoms with van der Waals surface area (Å²) in [4.78, 5) is 17.6. The second-order valence-electron chi connectivity index (χ2n) is 4.42. The highest BCUT2D eigenvalue weighted by atomic mass is 32.2. The molecule has 0 N–H and O–H groups in total. The lowest BCUT2D eigenvalue weighted by Crippen LogP contribution is -2.32. The molecule has 1 atom stereocenters. The predicted molar refractivity (Wildman–Crippen MR) is 74.9 cm³/mol. The summed E-state index contributed by atoms with van der Waals surface area (Å²) in [7, 11) is 0. The fourth-order valence-electron chi connectivity index (χ4n) is 1.95. The number of fused-ring (bicyclic) bond motifs is 1. The van der Waals surface area contributed by atoms with Crippen molar-refractivity contribution in [3.05, 3.63) is 53.9 Å². The number of aromatic nitrogens is 1. The Morgan fingerprint density at radius 1 is 1.32 bits per heavy atom. The zero-order valence-electron chi connectivity index (χ0n) is 10.5. The van der Waals surface area contributed by atoms with E-state index in [1.807, 2.05) is 37.3 Å². The number of pyridine rings is 1. The van der Waals surface area contributed by atoms with E-state index in [9.17, 15) is 4.79 Å². The van der Waals surface area contributed by atoms with Crippen LogP contribution in [0.15, 0.2) is 47.5 Å². The van der Waals surface area contributed by atoms with E-state index >= 15 is 0 Å². The minimum absolute atomic E-state index is 0.00509. The van der Waals surface area contributed by atoms with Gasteiger partial charge in [0.2, 0.25) is 5.78 Å². The van der Waals surface area contributed by atoms with Gasteiger partial charge >= 0.3 is 0 Å². The number of benzene rings is 1. The molecule has 3 nitrogen and oxygen atoms in total. The fourth-order valence-corrected chi connectivity index (χ4v) is 2.93. The van der Waals surface area contributed by atoms with Crippen molar-refractivity contribution in [2.75, 3.05) is 5.75 Å². The fraction of sp³-hybridized carbons (Fsp3) is 0.200. The van der Waals surface area contributed by atoms with Gasteiger partial charge in [-0.3, -0.25) is 9.78 Å². The van der Waals surface area contributed by atoms with Crippen LogP contribution in [0.2, 0.25) is 0 Å². The molecule has 0 saturated heterocycles. The number of ether oxygens (including phenoxy) is 1. The molecule has 1 aromatic carbocycles. The lowest BCUT2D eigenvalue weighted by Gasteiger charge is -2.24. The molecule has 0 amide bonds. The Morgan fingerprint density at radius 3 is 2.95 bits per heavy atom. The van der Waals surface area contributed by atoms with Crippen molar-refractivity contribution < 1.29 is 9.53 Å². The number of rotatable bonds is 2. The molecule has 4 heteroatoms. The average molecular weight is 271 g/mol. The first-order valence-corrected chi connectivity index (χ1v) is 7.08. The number of hydrogen-bond donors (Lipinski definition) is 0. The van der Waals surface area contributed by atoms with Gasteiger partial charge in [0, 0.05) is 28.1 Å². The average Bonchev–Trinajstić information content (AvgIpc) is 2.47. The number of thioether (sulfide) groups is 1. The number of carbonyl (C=O) groups is 1. The van der Waals surface area contributed by atoms with Crippen LogP contribution < -0.4 is 4.74 Å². The Labute approximate surface area is 116 Å². The Hall–Kier alpha value is -1.81. The van der Waals surface area contributed by atoms with Crippen LogP contribution in [0.4, 0.5) is 0 Å². The van der Waals surface area contributed by atoms with E-state index in [0.717, 1.165) is 16.3 Å². The molecule has 3 rings (SSSR count). The lowest BCUT2D eigenvalue weighted by molar-refractivity contribution is 0.0814. The first-order chi connectivity index (χ1) is 9.24. The molecule has 2 heterocycles. The molecular formula is C15H13NO2S. The van der Waals surface area contributed by atoms with Crippen LogP contribution >= 0.6 is 11.8 Å². The van der Waals surface area contributed by atoms with Gasteiger partial charge < -0.3 is 4.74 Å². The summed E-state index contributed by atoms with van der Waals surface area (Å²) in [6.07, 6.45) is 1.19. The number of nitrogens with zero attached hydrogens (tertiary/aromatic N) is 1. The molecule has 0 aliphatic carbocycles. The molecule has 96 valence electrons. The molecule has 0 saturated carbocycles. The van der Waals surface area contributed by atoms with Gasteiger partial charge in [-0.2, -0.15) is 0 Å². The molecular weight excluding hydrogens is 258 g/mol. The third-order valence-electron chi connectivity index (χ3n) is 3.00. The molecule has 1 unspecified atom stereocenters. The van der Waals surface area contributed by atoms with Crippen LogP contribution in [-0.4, -0.2) is 22.6 Å². The zero-order valence-corrected chi connectivity index (χ0v) is 11.3. The van der Waals surface area contributed by atoms with E-state index in [2.05, 4.69) is 4.98 Å². The highest BCUT2D eigenvalue weighted by Crippen LogP contribution is 2.35. The van der Waals surface area contributed by atoms with Gasteiger partial charge in [-0.25, -0.2) is 0 Å². The zero-order chi connectivity index (χ0) is 13.2. The maximum absolute atomic E-state index is 12.3. The predicted octanol–water partition coefficient (Wildman–Crippen LogP) is 3.13. The van der Waals surface area contributed by atoms with Crippen LogP contribution in [0, 0.1) is 6.92 Å². The molecule has 0 fully saturated rings. The SMILES string of the molecule is Cc1ccc(C(=O)C2CSc3ccccc3O2)cn1. The van der Waals surface area contributed by atoms with Crippen LogP contribution in [0.1, 0.15) is 16.1 Å². The third-order valence-corrected chi connectivity index (χ3v) is 4.11. The van der Waals surface area contributed by atoms with Crippen molar-refractivity contribution in [3.63, 3.8) is 0 Å². The van der Waals surface area contributed by atoms with E-state index < -0.39 is 6.10 Å². The summed E-state index contributed by atoms with van der Waals surface area (Å²) in [6.45, 7) is 1.90. The normalized spacial score (nSPS) is 17.4. The van der Waals surface area contributed by atoms with E-state index in [-0.39, 0.29) is 5.78 Å². The van der Waals surface area contributed by atoms with Gasteiger partial charge in [-0.1, -0.05) is 12.1 Å². The Bertz CT molecular complexity index is 610. The van der Waals surface area contributed by atoms with Crippen molar-refractivity contribution in [1.82, 2.24) is 4.98 Å². The molecule has 2 aromatic rings. The number of aryl methyl sites for hydroxylation is 1. The van der Waals surface area contributed by atoms with Crippen LogP contribution in [0.3, 0.4) is 0 Å². The van der Waals surface area contributed by atoms with Gasteiger partial charge in [0.15, 0.2) is 6.10 Å². The maximum Gasteiger partial charge on any atom is 0.205 e. The number of carbonyl (C=O) groups excluding carboxylic acids is 1. The van der Waals surface area contributed by atoms with Crippen molar-refractivity contribution in [2.24, 2.45) is 0 Å². The van der Waals surface area contributed by atoms with Crippen LogP contribution in [0.25, 0.3) is 0 Å². The summed E-state index contributed by atoms with van der Waals surface area (Å²) in [5.41, 5.74) is 1.51. The standard InChI is InChI=1S/C15H13NO2S/c1-10-6-7-11(8-16-10)15(17)13-9-19-14-5-3-2-4-12(14)18-13/h2-8,13H,9H2,1H3. The topological polar surface area (TPSA) is 39.2 Å². The number of ketones is 1. The Morgan fingerprint density at radius 2 is 2.16 bits per heavy atom. The highest BCUT2D eigenvalue weighted by Gasteiger charge is 2.27. The second-order valence-corrected chi connectivity index (χ2v) is 5.48. The van der Waals surface area contributed by atoms with Crippen LogP contribution in [0.5, 0.6) is 5.75 Å². The number of para-hydroxylation sites is 1. The van der Waals surface area contributed by atoms with Gasteiger partial charge in [0.1, 0.15) is 5.75 Å². The quantitative estimate of drug-likeness (QED) is 0.787. The third kappa shape index (κ3) is 2.49. The van der Waals surface area contributed by atoms with Gasteiger partial charge in [-0.15, -0.1) is 11.8 Å². The molecule has 1 aliphatic rings. The van der Waals surface area contributed by atoms with E-state index in [4.69, 9.17) is 4.74 Å². The Kier molecular flexibility index (Phi) is 3.25. The van der Waals surface area contributed by atoms with Gasteiger partial charge in [0.25, 0.3) is 0 Å². The van der Waals surface area contributed by atoms with E-state index in [1.165, 1.54) is 0 Å². The molecule has 1 aliphatic heterocycles. The minimum atomic E-state index is -0.426. The molecule has 0 radical (unpaired) electrons. The smallest absolute Gasteiger partial charge is 0.205 e. The lowest BCUT2D eigenvalue weighted by atomic mass is 10.1. The van der Waals surface area contributed by atoms with Gasteiger partial charge in [-0.05, 0) is 31.2 Å². The van der Waals surface area contributed by atoms with E-state index in [1.54, 1.807) is 24.0 Å². The van der Waals surface area contributed by atoms with Crippen molar-refractivity contribution in [2.45, 2.75) is 17.9 Å². The number of hydrogen-bond acceptors (Lipinski definition) is 4. The largest absolute Gasteiger partial charge is 0.480 e. The maximum atomic E-state index is 12.3. The monoisotopic (exact) mass is 271 g/mol. The molecule has 0 bridgehead atoms. The van der Waals surface area contributed by atoms with Crippen molar-refractivity contribution in [3.8, 4) is 5.75 Å². The Balaban J connectivity index is 1.81. The summed E-state index contributed by atoms with van der Waals surface area (Å²) in [5, 5.41) is 0. The summed E-state index contributed by atoms with van der Waals surface area (Å²) >= 11 is 1.66. The molecule has 0 spiro atoms. The molecule has 1 aromatic heterocycles. The van der Waals surface area contributed by atoms with Gasteiger partial charge in [0.05, 0.1) is 0 Å².